The fourth-order valence-corrected chi connectivity index (χ4v) is 3.39. The maximum Gasteiger partial charge on any atom is 0.350 e. The van der Waals surface area contributed by atoms with E-state index in [1.807, 2.05) is 0 Å². The number of hydrogen-bond donors (Lipinski definition) is 3. The zero-order chi connectivity index (χ0) is 13.3. The number of nitrogen functional groups attached to an aromatic ring is 1. The van der Waals surface area contributed by atoms with Gasteiger partial charge < -0.3 is 20.7 Å². The second-order valence-electron chi connectivity index (χ2n) is 4.04. The number of aliphatic hydroxyl groups is 2. The van der Waals surface area contributed by atoms with Crippen LogP contribution in [-0.4, -0.2) is 50.9 Å². The molecule has 8 heteroatoms. The Morgan fingerprint density at radius 1 is 1.56 bits per heavy atom. The number of thioether (sulfide) groups is 1. The molecule has 0 bridgehead atoms. The molecule has 1 saturated heterocycles. The molecule has 2 rings (SSSR count). The summed E-state index contributed by atoms with van der Waals surface area (Å²) in [4.78, 5) is 15.3. The van der Waals surface area contributed by atoms with E-state index in [9.17, 15) is 15.0 Å². The van der Waals surface area contributed by atoms with E-state index in [0.29, 0.717) is 6.61 Å². The smallest absolute Gasteiger partial charge is 0.350 e. The highest BCUT2D eigenvalue weighted by Crippen LogP contribution is 2.41. The molecule has 0 radical (unpaired) electrons. The first-order valence-corrected chi connectivity index (χ1v) is 6.34. The molecular weight excluding hydrogens is 258 g/mol. The van der Waals surface area contributed by atoms with Gasteiger partial charge in [-0.1, -0.05) is 0 Å². The number of aliphatic hydroxyl groups excluding tert-OH is 2. The predicted molar refractivity (Wildman–Crippen MR) is 67.2 cm³/mol. The van der Waals surface area contributed by atoms with Gasteiger partial charge in [-0.15, -0.1) is 11.8 Å². The van der Waals surface area contributed by atoms with Crippen molar-refractivity contribution in [3.8, 4) is 0 Å². The lowest BCUT2D eigenvalue weighted by Crippen LogP contribution is -2.36. The van der Waals surface area contributed by atoms with Crippen LogP contribution in [0.1, 0.15) is 5.37 Å². The zero-order valence-electron chi connectivity index (χ0n) is 9.76. The lowest BCUT2D eigenvalue weighted by Gasteiger charge is -2.17. The summed E-state index contributed by atoms with van der Waals surface area (Å²) in [5.41, 5.74) is 4.86. The largest absolute Gasteiger partial charge is 0.389 e. The Hall–Kier alpha value is -1.09. The standard InChI is InChI=1S/C10H15N3O4S/c1-17-4-5-7(14)8(15)9(18-5)13-3-2-6(11)12-10(13)16/h2-3,5,7-9,14-15H,4H2,1H3,(H2,11,12,16)/t5-,7-,8+,9-/m1/s1. The highest BCUT2D eigenvalue weighted by molar-refractivity contribution is 8.00. The molecular formula is C10H15N3O4S. The molecule has 4 atom stereocenters. The van der Waals surface area contributed by atoms with E-state index < -0.39 is 23.3 Å². The lowest BCUT2D eigenvalue weighted by molar-refractivity contribution is 0.00661. The first-order valence-electron chi connectivity index (χ1n) is 5.39. The van der Waals surface area contributed by atoms with Crippen LogP contribution in [0.25, 0.3) is 0 Å². The van der Waals surface area contributed by atoms with Crippen molar-refractivity contribution in [3.05, 3.63) is 22.7 Å². The fourth-order valence-electron chi connectivity index (χ4n) is 1.88. The summed E-state index contributed by atoms with van der Waals surface area (Å²) in [5.74, 6) is 0.128. The Balaban J connectivity index is 2.26. The molecule has 0 spiro atoms. The van der Waals surface area contributed by atoms with Crippen LogP contribution in [-0.2, 0) is 4.74 Å². The van der Waals surface area contributed by atoms with E-state index in [2.05, 4.69) is 4.98 Å². The molecule has 18 heavy (non-hydrogen) atoms. The van der Waals surface area contributed by atoms with E-state index in [1.54, 1.807) is 0 Å². The van der Waals surface area contributed by atoms with Crippen molar-refractivity contribution < 1.29 is 14.9 Å². The van der Waals surface area contributed by atoms with Crippen LogP contribution in [0.15, 0.2) is 17.1 Å². The van der Waals surface area contributed by atoms with Crippen molar-refractivity contribution >= 4 is 17.6 Å². The van der Waals surface area contributed by atoms with Crippen molar-refractivity contribution in [2.45, 2.75) is 22.8 Å². The molecule has 2 heterocycles. The Kier molecular flexibility index (Phi) is 3.91. The molecule has 0 aliphatic carbocycles. The third-order valence-corrected chi connectivity index (χ3v) is 4.34. The summed E-state index contributed by atoms with van der Waals surface area (Å²) in [7, 11) is 1.52. The van der Waals surface area contributed by atoms with Gasteiger partial charge in [-0.3, -0.25) is 4.57 Å². The van der Waals surface area contributed by atoms with Gasteiger partial charge in [-0.05, 0) is 6.07 Å². The van der Waals surface area contributed by atoms with Gasteiger partial charge in [-0.25, -0.2) is 4.79 Å². The number of nitrogens with zero attached hydrogens (tertiary/aromatic N) is 2. The normalized spacial score (nSPS) is 31.7. The molecule has 0 unspecified atom stereocenters. The summed E-state index contributed by atoms with van der Waals surface area (Å²) in [6.45, 7) is 0.302. The van der Waals surface area contributed by atoms with Gasteiger partial charge in [-0.2, -0.15) is 4.98 Å². The number of aromatic nitrogens is 2. The highest BCUT2D eigenvalue weighted by Gasteiger charge is 2.43. The molecule has 1 aromatic heterocycles. The second kappa shape index (κ2) is 5.27. The minimum Gasteiger partial charge on any atom is -0.389 e. The summed E-state index contributed by atoms with van der Waals surface area (Å²) >= 11 is 1.28. The maximum atomic E-state index is 11.7. The molecule has 1 aliphatic rings. The minimum absolute atomic E-state index is 0.128. The van der Waals surface area contributed by atoms with Crippen molar-refractivity contribution in [3.63, 3.8) is 0 Å². The van der Waals surface area contributed by atoms with Crippen LogP contribution in [0, 0.1) is 0 Å². The van der Waals surface area contributed by atoms with Gasteiger partial charge in [0.1, 0.15) is 17.3 Å². The molecule has 0 saturated carbocycles. The lowest BCUT2D eigenvalue weighted by atomic mass is 10.1. The quantitative estimate of drug-likeness (QED) is 0.635. The van der Waals surface area contributed by atoms with Crippen molar-refractivity contribution in [1.82, 2.24) is 9.55 Å². The molecule has 0 amide bonds. The first kappa shape index (κ1) is 13.3. The number of ether oxygens (including phenoxy) is 1. The number of rotatable bonds is 3. The molecule has 100 valence electrons. The monoisotopic (exact) mass is 273 g/mol. The average Bonchev–Trinajstić information content (AvgIpc) is 2.58. The van der Waals surface area contributed by atoms with Crippen molar-refractivity contribution in [1.29, 1.82) is 0 Å². The van der Waals surface area contributed by atoms with E-state index in [0.717, 1.165) is 0 Å². The maximum absolute atomic E-state index is 11.7. The number of nitrogens with two attached hydrogens (primary N) is 1. The van der Waals surface area contributed by atoms with Crippen molar-refractivity contribution in [2.75, 3.05) is 19.5 Å². The summed E-state index contributed by atoms with van der Waals surface area (Å²) in [5, 5.41) is 19.0. The first-order chi connectivity index (χ1) is 8.54. The van der Waals surface area contributed by atoms with E-state index in [1.165, 1.54) is 35.7 Å². The minimum atomic E-state index is -1.04. The molecule has 1 aromatic rings. The predicted octanol–water partition coefficient (Wildman–Crippen LogP) is -1.19. The van der Waals surface area contributed by atoms with Gasteiger partial charge in [0.05, 0.1) is 18.0 Å². The van der Waals surface area contributed by atoms with Crippen LogP contribution in [0.4, 0.5) is 5.82 Å². The number of hydrogen-bond acceptors (Lipinski definition) is 7. The highest BCUT2D eigenvalue weighted by atomic mass is 32.2. The van der Waals surface area contributed by atoms with Gasteiger partial charge >= 0.3 is 5.69 Å². The summed E-state index contributed by atoms with van der Waals surface area (Å²) in [6.07, 6.45) is -0.518. The Morgan fingerprint density at radius 3 is 2.89 bits per heavy atom. The van der Waals surface area contributed by atoms with Crippen LogP contribution in [0.5, 0.6) is 0 Å². The van der Waals surface area contributed by atoms with Crippen LogP contribution in [0.3, 0.4) is 0 Å². The van der Waals surface area contributed by atoms with Crippen molar-refractivity contribution in [2.24, 2.45) is 0 Å². The van der Waals surface area contributed by atoms with Gasteiger partial charge in [0.15, 0.2) is 0 Å². The van der Waals surface area contributed by atoms with Gasteiger partial charge in [0.2, 0.25) is 0 Å². The molecule has 1 aliphatic heterocycles. The number of methoxy groups -OCH3 is 1. The Labute approximate surface area is 108 Å². The Bertz CT molecular complexity index is 480. The summed E-state index contributed by atoms with van der Waals surface area (Å²) < 4.78 is 6.23. The molecule has 4 N–H and O–H groups in total. The molecule has 7 nitrogen and oxygen atoms in total. The zero-order valence-corrected chi connectivity index (χ0v) is 10.6. The van der Waals surface area contributed by atoms with Crippen LogP contribution in [0.2, 0.25) is 0 Å². The van der Waals surface area contributed by atoms with Crippen LogP contribution < -0.4 is 11.4 Å². The molecule has 0 aromatic carbocycles. The van der Waals surface area contributed by atoms with E-state index in [-0.39, 0.29) is 11.1 Å². The third kappa shape index (κ3) is 2.37. The second-order valence-corrected chi connectivity index (χ2v) is 5.40. The fraction of sp³-hybridized carbons (Fsp3) is 0.600. The van der Waals surface area contributed by atoms with Crippen LogP contribution >= 0.6 is 11.8 Å². The van der Waals surface area contributed by atoms with E-state index >= 15 is 0 Å². The Morgan fingerprint density at radius 2 is 2.28 bits per heavy atom. The summed E-state index contributed by atoms with van der Waals surface area (Å²) in [6, 6.07) is 1.48. The topological polar surface area (TPSA) is 111 Å². The SMILES string of the molecule is COC[C@H]1S[C@@H](n2ccc(N)nc2=O)[C@@H](O)[C@@H]1O. The molecule has 1 fully saturated rings. The third-order valence-electron chi connectivity index (χ3n) is 2.79. The van der Waals surface area contributed by atoms with Gasteiger partial charge in [0, 0.05) is 13.3 Å². The average molecular weight is 273 g/mol. The van der Waals surface area contributed by atoms with E-state index in [4.69, 9.17) is 10.5 Å². The number of anilines is 1. The van der Waals surface area contributed by atoms with Gasteiger partial charge in [0.25, 0.3) is 0 Å².